The molecular formula is C21H22FN3O3S2. The number of hydrogen-bond acceptors (Lipinski definition) is 5. The first-order valence-electron chi connectivity index (χ1n) is 9.26. The maximum Gasteiger partial charge on any atom is 0.258 e. The van der Waals surface area contributed by atoms with E-state index in [1.807, 2.05) is 12.3 Å². The van der Waals surface area contributed by atoms with Crippen LogP contribution in [-0.4, -0.2) is 25.4 Å². The summed E-state index contributed by atoms with van der Waals surface area (Å²) in [4.78, 5) is 19.2. The number of carbonyl (C=O) groups is 1. The van der Waals surface area contributed by atoms with Gasteiger partial charge in [-0.15, -0.1) is 11.3 Å². The summed E-state index contributed by atoms with van der Waals surface area (Å²) in [6, 6.07) is 11.1. The Kier molecular flexibility index (Phi) is 6.64. The van der Waals surface area contributed by atoms with Gasteiger partial charge in [0.1, 0.15) is 5.82 Å². The first kappa shape index (κ1) is 22.1. The van der Waals surface area contributed by atoms with Gasteiger partial charge in [-0.3, -0.25) is 4.79 Å². The van der Waals surface area contributed by atoms with Crippen LogP contribution in [0.3, 0.4) is 0 Å². The van der Waals surface area contributed by atoms with Gasteiger partial charge < -0.3 is 4.90 Å². The summed E-state index contributed by atoms with van der Waals surface area (Å²) < 4.78 is 40.5. The van der Waals surface area contributed by atoms with Crippen molar-refractivity contribution in [2.45, 2.75) is 38.3 Å². The molecule has 1 heterocycles. The topological polar surface area (TPSA) is 79.4 Å². The number of hydrogen-bond donors (Lipinski definition) is 1. The molecular weight excluding hydrogens is 425 g/mol. The Labute approximate surface area is 179 Å². The molecule has 0 saturated heterocycles. The number of sulfonamides is 1. The van der Waals surface area contributed by atoms with E-state index in [1.54, 1.807) is 13.8 Å². The average molecular weight is 448 g/mol. The number of benzene rings is 2. The lowest BCUT2D eigenvalue weighted by molar-refractivity contribution is 0.0984. The Morgan fingerprint density at radius 1 is 1.13 bits per heavy atom. The number of amides is 1. The summed E-state index contributed by atoms with van der Waals surface area (Å²) in [6.07, 6.45) is 0. The highest BCUT2D eigenvalue weighted by Gasteiger charge is 2.21. The zero-order valence-electron chi connectivity index (χ0n) is 16.8. The highest BCUT2D eigenvalue weighted by Crippen LogP contribution is 2.22. The van der Waals surface area contributed by atoms with Crippen LogP contribution in [0.2, 0.25) is 0 Å². The third-order valence-corrected chi connectivity index (χ3v) is 6.67. The van der Waals surface area contributed by atoms with Crippen molar-refractivity contribution in [3.05, 3.63) is 76.0 Å². The van der Waals surface area contributed by atoms with Crippen molar-refractivity contribution in [1.29, 1.82) is 0 Å². The molecule has 0 atom stereocenters. The van der Waals surface area contributed by atoms with E-state index in [4.69, 9.17) is 0 Å². The zero-order valence-corrected chi connectivity index (χ0v) is 18.4. The van der Waals surface area contributed by atoms with Crippen molar-refractivity contribution in [2.75, 3.05) is 4.90 Å². The van der Waals surface area contributed by atoms with Gasteiger partial charge in [0.2, 0.25) is 10.0 Å². The second-order valence-electron chi connectivity index (χ2n) is 7.03. The van der Waals surface area contributed by atoms with E-state index in [2.05, 4.69) is 9.71 Å². The Morgan fingerprint density at radius 3 is 2.30 bits per heavy atom. The predicted octanol–water partition coefficient (Wildman–Crippen LogP) is 4.12. The van der Waals surface area contributed by atoms with Crippen molar-refractivity contribution < 1.29 is 17.6 Å². The first-order valence-corrected chi connectivity index (χ1v) is 11.6. The van der Waals surface area contributed by atoms with Crippen LogP contribution in [0.15, 0.2) is 58.8 Å². The average Bonchev–Trinajstić information content (AvgIpc) is 3.10. The van der Waals surface area contributed by atoms with Crippen LogP contribution < -0.4 is 9.62 Å². The number of anilines is 1. The van der Waals surface area contributed by atoms with Gasteiger partial charge in [0, 0.05) is 22.7 Å². The summed E-state index contributed by atoms with van der Waals surface area (Å²) >= 11 is 1.48. The molecule has 6 nitrogen and oxygen atoms in total. The van der Waals surface area contributed by atoms with Crippen LogP contribution in [0.25, 0.3) is 0 Å². The predicted molar refractivity (Wildman–Crippen MR) is 116 cm³/mol. The van der Waals surface area contributed by atoms with Gasteiger partial charge in [0.25, 0.3) is 5.91 Å². The minimum atomic E-state index is -3.65. The van der Waals surface area contributed by atoms with Crippen molar-refractivity contribution in [3.8, 4) is 0 Å². The third-order valence-electron chi connectivity index (χ3n) is 4.17. The number of aryl methyl sites for hydroxylation is 1. The van der Waals surface area contributed by atoms with Crippen LogP contribution in [0.4, 0.5) is 10.1 Å². The Morgan fingerprint density at radius 2 is 1.77 bits per heavy atom. The molecule has 0 aliphatic carbocycles. The second-order valence-corrected chi connectivity index (χ2v) is 9.80. The lowest BCUT2D eigenvalue weighted by Gasteiger charge is -2.22. The minimum absolute atomic E-state index is 0.0798. The normalized spacial score (nSPS) is 11.6. The fourth-order valence-electron chi connectivity index (χ4n) is 2.86. The monoisotopic (exact) mass is 447 g/mol. The maximum atomic E-state index is 13.4. The molecule has 0 saturated carbocycles. The number of nitrogens with one attached hydrogen (secondary N) is 1. The number of halogens is 1. The summed E-state index contributed by atoms with van der Waals surface area (Å²) in [7, 11) is -3.65. The van der Waals surface area contributed by atoms with Crippen LogP contribution in [0.1, 0.15) is 34.9 Å². The van der Waals surface area contributed by atoms with E-state index in [1.165, 1.54) is 64.8 Å². The van der Waals surface area contributed by atoms with Gasteiger partial charge in [0.15, 0.2) is 0 Å². The Bertz CT molecular complexity index is 1130. The highest BCUT2D eigenvalue weighted by molar-refractivity contribution is 7.89. The molecule has 0 aliphatic rings. The smallest absolute Gasteiger partial charge is 0.258 e. The molecule has 0 unspecified atom stereocenters. The summed E-state index contributed by atoms with van der Waals surface area (Å²) in [6.45, 7) is 5.55. The van der Waals surface area contributed by atoms with Gasteiger partial charge in [-0.2, -0.15) is 0 Å². The molecule has 0 bridgehead atoms. The number of rotatable bonds is 7. The van der Waals surface area contributed by atoms with E-state index in [0.29, 0.717) is 11.3 Å². The molecule has 3 rings (SSSR count). The molecule has 2 aromatic carbocycles. The van der Waals surface area contributed by atoms with Gasteiger partial charge in [0.05, 0.1) is 22.1 Å². The lowest BCUT2D eigenvalue weighted by atomic mass is 10.1. The maximum absolute atomic E-state index is 13.4. The molecule has 158 valence electrons. The number of nitrogens with zero attached hydrogens (tertiary/aromatic N) is 2. The second kappa shape index (κ2) is 9.03. The highest BCUT2D eigenvalue weighted by atomic mass is 32.2. The molecule has 30 heavy (non-hydrogen) atoms. The molecule has 0 fully saturated rings. The fraction of sp³-hybridized carbons (Fsp3) is 0.238. The van der Waals surface area contributed by atoms with Gasteiger partial charge >= 0.3 is 0 Å². The van der Waals surface area contributed by atoms with E-state index in [9.17, 15) is 17.6 Å². The van der Waals surface area contributed by atoms with Crippen LogP contribution in [0, 0.1) is 12.7 Å². The van der Waals surface area contributed by atoms with Crippen molar-refractivity contribution in [3.63, 3.8) is 0 Å². The van der Waals surface area contributed by atoms with Gasteiger partial charge in [-0.25, -0.2) is 22.5 Å². The van der Waals surface area contributed by atoms with Crippen LogP contribution in [0.5, 0.6) is 0 Å². The van der Waals surface area contributed by atoms with Crippen molar-refractivity contribution in [2.24, 2.45) is 0 Å². The van der Waals surface area contributed by atoms with Crippen molar-refractivity contribution in [1.82, 2.24) is 9.71 Å². The van der Waals surface area contributed by atoms with E-state index in [0.717, 1.165) is 10.7 Å². The third kappa shape index (κ3) is 5.29. The first-order chi connectivity index (χ1) is 14.2. The Balaban J connectivity index is 1.91. The van der Waals surface area contributed by atoms with Gasteiger partial charge in [-0.05, 0) is 69.3 Å². The molecule has 1 N–H and O–H groups in total. The minimum Gasteiger partial charge on any atom is -0.302 e. The molecule has 0 aliphatic heterocycles. The SMILES string of the molecule is Cc1nc(CN(C(=O)c2ccc(S(=O)(=O)NC(C)C)cc2)c2ccc(F)cc2)cs1. The molecule has 9 heteroatoms. The molecule has 1 aromatic heterocycles. The van der Waals surface area contributed by atoms with E-state index >= 15 is 0 Å². The van der Waals surface area contributed by atoms with Crippen molar-refractivity contribution >= 4 is 33.0 Å². The molecule has 0 spiro atoms. The Hall–Kier alpha value is -2.62. The zero-order chi connectivity index (χ0) is 21.9. The standard InChI is InChI=1S/C21H22FN3O3S2/c1-14(2)24-30(27,28)20-10-4-16(5-11-20)21(26)25(12-18-13-29-15(3)23-18)19-8-6-17(22)7-9-19/h4-11,13-14,24H,12H2,1-3H3. The molecule has 3 aromatic rings. The van der Waals surface area contributed by atoms with Crippen LogP contribution in [-0.2, 0) is 16.6 Å². The molecule has 1 amide bonds. The van der Waals surface area contributed by atoms with Crippen LogP contribution >= 0.6 is 11.3 Å². The molecule has 0 radical (unpaired) electrons. The number of thiazole rings is 1. The van der Waals surface area contributed by atoms with Gasteiger partial charge in [-0.1, -0.05) is 0 Å². The largest absolute Gasteiger partial charge is 0.302 e. The summed E-state index contributed by atoms with van der Waals surface area (Å²) in [5, 5.41) is 2.75. The lowest BCUT2D eigenvalue weighted by Crippen LogP contribution is -2.31. The van der Waals surface area contributed by atoms with E-state index in [-0.39, 0.29) is 23.4 Å². The van der Waals surface area contributed by atoms with E-state index < -0.39 is 15.8 Å². The summed E-state index contributed by atoms with van der Waals surface area (Å²) in [5.41, 5.74) is 1.55. The summed E-state index contributed by atoms with van der Waals surface area (Å²) in [5.74, 6) is -0.740. The fourth-order valence-corrected chi connectivity index (χ4v) is 4.71. The number of carbonyl (C=O) groups excluding carboxylic acids is 1. The number of aromatic nitrogens is 1. The quantitative estimate of drug-likeness (QED) is 0.591.